The van der Waals surface area contributed by atoms with Crippen molar-refractivity contribution in [1.82, 2.24) is 4.98 Å². The summed E-state index contributed by atoms with van der Waals surface area (Å²) >= 11 is 1.23. The van der Waals surface area contributed by atoms with Crippen LogP contribution in [0.2, 0.25) is 0 Å². The molecular formula is C20H14N4O5S. The number of anilines is 2. The number of aromatic nitrogens is 1. The van der Waals surface area contributed by atoms with Crippen LogP contribution in [0, 0.1) is 10.1 Å². The summed E-state index contributed by atoms with van der Waals surface area (Å²) in [4.78, 5) is 51.8. The Morgan fingerprint density at radius 2 is 1.67 bits per heavy atom. The Hall–Kier alpha value is -3.92. The van der Waals surface area contributed by atoms with Crippen molar-refractivity contribution in [2.75, 3.05) is 10.2 Å². The summed E-state index contributed by atoms with van der Waals surface area (Å²) in [5.41, 5.74) is 2.07. The van der Waals surface area contributed by atoms with E-state index in [9.17, 15) is 24.5 Å². The highest BCUT2D eigenvalue weighted by Gasteiger charge is 2.30. The van der Waals surface area contributed by atoms with Gasteiger partial charge in [-0.15, -0.1) is 11.3 Å². The molecule has 0 aliphatic carbocycles. The second-order valence-corrected chi connectivity index (χ2v) is 7.32. The Morgan fingerprint density at radius 3 is 2.27 bits per heavy atom. The molecule has 30 heavy (non-hydrogen) atoms. The maximum atomic E-state index is 12.5. The van der Waals surface area contributed by atoms with Gasteiger partial charge in [-0.05, 0) is 36.4 Å². The number of nitrogens with zero attached hydrogens (tertiary/aromatic N) is 3. The first-order chi connectivity index (χ1) is 14.4. The van der Waals surface area contributed by atoms with E-state index >= 15 is 0 Å². The number of hydrogen-bond donors (Lipinski definition) is 1. The average molecular weight is 422 g/mol. The predicted octanol–water partition coefficient (Wildman–Crippen LogP) is 3.62. The lowest BCUT2D eigenvalue weighted by Crippen LogP contribution is -2.28. The molecule has 1 saturated heterocycles. The molecule has 1 aliphatic heterocycles. The zero-order valence-electron chi connectivity index (χ0n) is 15.4. The number of carbonyl (C=O) groups is 3. The Balaban J connectivity index is 1.45. The van der Waals surface area contributed by atoms with E-state index in [1.165, 1.54) is 35.6 Å². The van der Waals surface area contributed by atoms with Crippen LogP contribution >= 0.6 is 11.3 Å². The van der Waals surface area contributed by atoms with Gasteiger partial charge in [0.15, 0.2) is 5.13 Å². The molecule has 4 rings (SSSR count). The molecule has 2 aromatic carbocycles. The fraction of sp³-hybridized carbons (Fsp3) is 0.100. The number of thiazole rings is 1. The largest absolute Gasteiger partial charge is 0.298 e. The highest BCUT2D eigenvalue weighted by Crippen LogP contribution is 2.27. The summed E-state index contributed by atoms with van der Waals surface area (Å²) in [6.45, 7) is 0. The van der Waals surface area contributed by atoms with Gasteiger partial charge in [-0.2, -0.15) is 0 Å². The van der Waals surface area contributed by atoms with Crippen molar-refractivity contribution >= 4 is 45.6 Å². The van der Waals surface area contributed by atoms with Gasteiger partial charge in [0.05, 0.1) is 16.3 Å². The number of hydrogen-bond acceptors (Lipinski definition) is 7. The van der Waals surface area contributed by atoms with Crippen LogP contribution < -0.4 is 10.2 Å². The normalized spacial score (nSPS) is 13.5. The molecule has 1 N–H and O–H groups in total. The molecule has 0 radical (unpaired) electrons. The van der Waals surface area contributed by atoms with Crippen LogP contribution in [0.4, 0.5) is 16.5 Å². The fourth-order valence-corrected chi connectivity index (χ4v) is 3.73. The number of non-ortho nitro benzene ring substituents is 1. The molecule has 3 aromatic rings. The number of nitro benzene ring substituents is 1. The van der Waals surface area contributed by atoms with Gasteiger partial charge in [0.25, 0.3) is 11.6 Å². The second-order valence-electron chi connectivity index (χ2n) is 6.47. The molecule has 1 aromatic heterocycles. The minimum atomic E-state index is -0.475. The minimum absolute atomic E-state index is 0.0108. The van der Waals surface area contributed by atoms with Gasteiger partial charge < -0.3 is 0 Å². The van der Waals surface area contributed by atoms with E-state index in [4.69, 9.17) is 0 Å². The van der Waals surface area contributed by atoms with Crippen LogP contribution in [-0.2, 0) is 9.59 Å². The van der Waals surface area contributed by atoms with E-state index in [1.807, 2.05) is 0 Å². The number of carbonyl (C=O) groups excluding carboxylic acids is 3. The summed E-state index contributed by atoms with van der Waals surface area (Å²) < 4.78 is 0. The number of amides is 3. The molecule has 1 fully saturated rings. The van der Waals surface area contributed by atoms with E-state index in [1.54, 1.807) is 29.6 Å². The first kappa shape index (κ1) is 19.4. The van der Waals surface area contributed by atoms with E-state index in [0.29, 0.717) is 27.6 Å². The number of imide groups is 1. The average Bonchev–Trinajstić information content (AvgIpc) is 3.34. The zero-order chi connectivity index (χ0) is 21.3. The topological polar surface area (TPSA) is 123 Å². The molecular weight excluding hydrogens is 408 g/mol. The van der Waals surface area contributed by atoms with Gasteiger partial charge in [0.2, 0.25) is 11.8 Å². The third kappa shape index (κ3) is 3.80. The lowest BCUT2D eigenvalue weighted by Gasteiger charge is -2.13. The van der Waals surface area contributed by atoms with Crippen LogP contribution in [0.3, 0.4) is 0 Å². The van der Waals surface area contributed by atoms with E-state index in [-0.39, 0.29) is 36.3 Å². The third-order valence-corrected chi connectivity index (χ3v) is 5.30. The molecule has 0 unspecified atom stereocenters. The van der Waals surface area contributed by atoms with Crippen molar-refractivity contribution < 1.29 is 19.3 Å². The lowest BCUT2D eigenvalue weighted by molar-refractivity contribution is -0.384. The van der Waals surface area contributed by atoms with Gasteiger partial charge in [0, 0.05) is 41.5 Å². The third-order valence-electron chi connectivity index (χ3n) is 4.54. The minimum Gasteiger partial charge on any atom is -0.298 e. The summed E-state index contributed by atoms with van der Waals surface area (Å²) in [5, 5.41) is 15.6. The number of nitro groups is 1. The van der Waals surface area contributed by atoms with Crippen molar-refractivity contribution in [1.29, 1.82) is 0 Å². The Labute approximate surface area is 174 Å². The van der Waals surface area contributed by atoms with Gasteiger partial charge in [-0.3, -0.25) is 34.7 Å². The van der Waals surface area contributed by atoms with Crippen LogP contribution in [0.1, 0.15) is 23.2 Å². The Bertz CT molecular complexity index is 1140. The molecule has 2 heterocycles. The van der Waals surface area contributed by atoms with Crippen molar-refractivity contribution in [3.63, 3.8) is 0 Å². The maximum absolute atomic E-state index is 12.5. The van der Waals surface area contributed by atoms with E-state index in [0.717, 1.165) is 4.90 Å². The van der Waals surface area contributed by atoms with Gasteiger partial charge in [-0.25, -0.2) is 4.98 Å². The smallest absolute Gasteiger partial charge is 0.269 e. The van der Waals surface area contributed by atoms with Gasteiger partial charge in [0.1, 0.15) is 0 Å². The molecule has 10 heteroatoms. The van der Waals surface area contributed by atoms with Crippen LogP contribution in [0.5, 0.6) is 0 Å². The summed E-state index contributed by atoms with van der Waals surface area (Å²) in [5.74, 6) is -0.886. The Kier molecular flexibility index (Phi) is 5.07. The van der Waals surface area contributed by atoms with Crippen LogP contribution in [0.25, 0.3) is 11.3 Å². The molecule has 0 atom stereocenters. The van der Waals surface area contributed by atoms with E-state index in [2.05, 4.69) is 10.3 Å². The molecule has 9 nitrogen and oxygen atoms in total. The summed E-state index contributed by atoms with van der Waals surface area (Å²) in [6.07, 6.45) is 0.393. The van der Waals surface area contributed by atoms with E-state index < -0.39 is 4.92 Å². The molecule has 3 amide bonds. The summed E-state index contributed by atoms with van der Waals surface area (Å²) in [6, 6.07) is 12.2. The monoisotopic (exact) mass is 422 g/mol. The van der Waals surface area contributed by atoms with Crippen molar-refractivity contribution in [2.45, 2.75) is 12.8 Å². The lowest BCUT2D eigenvalue weighted by atomic mass is 10.1. The molecule has 1 aliphatic rings. The van der Waals surface area contributed by atoms with Crippen molar-refractivity contribution in [3.8, 4) is 11.3 Å². The Morgan fingerprint density at radius 1 is 1.03 bits per heavy atom. The highest BCUT2D eigenvalue weighted by atomic mass is 32.1. The predicted molar refractivity (Wildman–Crippen MR) is 110 cm³/mol. The second kappa shape index (κ2) is 7.84. The standard InChI is InChI=1S/C20H14N4O5S/c25-17-9-10-18(26)23(17)14-5-3-13(4-6-14)19(27)22-20-21-16(11-30-20)12-1-7-15(8-2-12)24(28)29/h1-8,11H,9-10H2,(H,21,22,27). The summed E-state index contributed by atoms with van der Waals surface area (Å²) in [7, 11) is 0. The number of nitrogens with one attached hydrogen (secondary N) is 1. The van der Waals surface area contributed by atoms with Gasteiger partial charge >= 0.3 is 0 Å². The quantitative estimate of drug-likeness (QED) is 0.381. The zero-order valence-corrected chi connectivity index (χ0v) is 16.2. The maximum Gasteiger partial charge on any atom is 0.269 e. The van der Waals surface area contributed by atoms with Crippen LogP contribution in [-0.4, -0.2) is 27.6 Å². The first-order valence-corrected chi connectivity index (χ1v) is 9.78. The van der Waals surface area contributed by atoms with Crippen molar-refractivity contribution in [2.24, 2.45) is 0 Å². The molecule has 150 valence electrons. The molecule has 0 spiro atoms. The van der Waals surface area contributed by atoms with Crippen molar-refractivity contribution in [3.05, 3.63) is 69.6 Å². The SMILES string of the molecule is O=C(Nc1nc(-c2ccc([N+](=O)[O-])cc2)cs1)c1ccc(N2C(=O)CCC2=O)cc1. The molecule has 0 bridgehead atoms. The number of rotatable bonds is 5. The first-order valence-electron chi connectivity index (χ1n) is 8.90. The van der Waals surface area contributed by atoms with Gasteiger partial charge in [-0.1, -0.05) is 0 Å². The molecule has 0 saturated carbocycles. The number of benzene rings is 2. The van der Waals surface area contributed by atoms with Crippen LogP contribution in [0.15, 0.2) is 53.9 Å². The highest BCUT2D eigenvalue weighted by molar-refractivity contribution is 7.14. The fourth-order valence-electron chi connectivity index (χ4n) is 3.01.